The van der Waals surface area contributed by atoms with Crippen molar-refractivity contribution in [1.82, 2.24) is 19.9 Å². The molecule has 0 unspecified atom stereocenters. The van der Waals surface area contributed by atoms with Gasteiger partial charge in [-0.1, -0.05) is 6.07 Å². The minimum Gasteiger partial charge on any atom is -0.445 e. The Morgan fingerprint density at radius 3 is 2.62 bits per heavy atom. The van der Waals surface area contributed by atoms with Gasteiger partial charge in [-0.25, -0.2) is 19.3 Å². The largest absolute Gasteiger partial charge is 0.445 e. The van der Waals surface area contributed by atoms with E-state index in [1.165, 1.54) is 18.7 Å². The van der Waals surface area contributed by atoms with Crippen molar-refractivity contribution in [2.45, 2.75) is 6.92 Å². The number of benzene rings is 1. The molecular weight excluding hydrogens is 380 g/mol. The number of amides is 1. The molecule has 1 aromatic carbocycles. The van der Waals surface area contributed by atoms with Crippen LogP contribution in [0.25, 0.3) is 22.7 Å². The Kier molecular flexibility index (Phi) is 4.78. The van der Waals surface area contributed by atoms with E-state index >= 15 is 0 Å². The fraction of sp³-hybridized carbons (Fsp3) is 0.0500. The van der Waals surface area contributed by atoms with Crippen LogP contribution < -0.4 is 5.32 Å². The fourth-order valence-corrected chi connectivity index (χ4v) is 2.71. The minimum absolute atomic E-state index is 0.0943. The predicted molar refractivity (Wildman–Crippen MR) is 99.8 cm³/mol. The maximum atomic E-state index is 13.7. The normalized spacial score (nSPS) is 10.7. The molecule has 0 atom stereocenters. The standard InChI is InChI=1S/C20H13F2N5O2/c1-11-2-3-12(20-24-6-7-29-20)8-14(11)15-9-26-16(10-25-15)27-19(28)13-4-5-23-18(22)17(13)21/h2-10H,1H3,(H,26,27,28). The number of rotatable bonds is 4. The average Bonchev–Trinajstić information content (AvgIpc) is 3.26. The lowest BCUT2D eigenvalue weighted by Crippen LogP contribution is -2.16. The molecule has 0 spiro atoms. The van der Waals surface area contributed by atoms with E-state index in [2.05, 4.69) is 25.3 Å². The van der Waals surface area contributed by atoms with Crippen molar-refractivity contribution in [3.8, 4) is 22.7 Å². The molecule has 29 heavy (non-hydrogen) atoms. The number of hydrogen-bond donors (Lipinski definition) is 1. The molecule has 0 aliphatic heterocycles. The molecule has 7 nitrogen and oxygen atoms in total. The van der Waals surface area contributed by atoms with Gasteiger partial charge in [0.2, 0.25) is 11.8 Å². The Bertz CT molecular complexity index is 1180. The molecule has 0 saturated carbocycles. The van der Waals surface area contributed by atoms with Gasteiger partial charge in [-0.2, -0.15) is 4.39 Å². The number of aryl methyl sites for hydroxylation is 1. The van der Waals surface area contributed by atoms with E-state index in [0.29, 0.717) is 11.6 Å². The molecule has 9 heteroatoms. The first kappa shape index (κ1) is 18.4. The Hall–Kier alpha value is -4.01. The second-order valence-corrected chi connectivity index (χ2v) is 6.07. The molecule has 0 fully saturated rings. The number of carbonyl (C=O) groups is 1. The van der Waals surface area contributed by atoms with Gasteiger partial charge in [0.05, 0.1) is 29.8 Å². The molecule has 4 rings (SSSR count). The van der Waals surface area contributed by atoms with Crippen molar-refractivity contribution in [1.29, 1.82) is 0 Å². The molecule has 3 heterocycles. The lowest BCUT2D eigenvalue weighted by atomic mass is 10.0. The van der Waals surface area contributed by atoms with Crippen molar-refractivity contribution >= 4 is 11.7 Å². The third-order valence-corrected chi connectivity index (χ3v) is 4.18. The first-order valence-corrected chi connectivity index (χ1v) is 8.47. The van der Waals surface area contributed by atoms with Gasteiger partial charge in [-0.15, -0.1) is 0 Å². The van der Waals surface area contributed by atoms with Gasteiger partial charge in [-0.05, 0) is 30.7 Å². The first-order chi connectivity index (χ1) is 14.0. The maximum Gasteiger partial charge on any atom is 0.260 e. The summed E-state index contributed by atoms with van der Waals surface area (Å²) in [6.45, 7) is 1.92. The van der Waals surface area contributed by atoms with E-state index < -0.39 is 23.2 Å². The smallest absolute Gasteiger partial charge is 0.260 e. The summed E-state index contributed by atoms with van der Waals surface area (Å²) >= 11 is 0. The lowest BCUT2D eigenvalue weighted by molar-refractivity contribution is 0.102. The molecule has 1 N–H and O–H groups in total. The molecule has 144 valence electrons. The van der Waals surface area contributed by atoms with E-state index in [-0.39, 0.29) is 5.82 Å². The summed E-state index contributed by atoms with van der Waals surface area (Å²) in [5.41, 5.74) is 2.65. The predicted octanol–water partition coefficient (Wildman–Crippen LogP) is 4.03. The third-order valence-electron chi connectivity index (χ3n) is 4.18. The third kappa shape index (κ3) is 3.70. The first-order valence-electron chi connectivity index (χ1n) is 8.47. The Morgan fingerprint density at radius 1 is 1.03 bits per heavy atom. The summed E-state index contributed by atoms with van der Waals surface area (Å²) < 4.78 is 32.2. The number of aromatic nitrogens is 4. The molecule has 1 amide bonds. The lowest BCUT2D eigenvalue weighted by Gasteiger charge is -2.09. The second-order valence-electron chi connectivity index (χ2n) is 6.07. The van der Waals surface area contributed by atoms with Crippen LogP contribution in [0.1, 0.15) is 15.9 Å². The molecule has 0 aliphatic rings. The Balaban J connectivity index is 1.58. The van der Waals surface area contributed by atoms with Crippen molar-refractivity contribution in [2.75, 3.05) is 5.32 Å². The number of nitrogens with zero attached hydrogens (tertiary/aromatic N) is 4. The van der Waals surface area contributed by atoms with Gasteiger partial charge >= 0.3 is 0 Å². The highest BCUT2D eigenvalue weighted by Gasteiger charge is 2.17. The van der Waals surface area contributed by atoms with Crippen LogP contribution in [-0.2, 0) is 0 Å². The molecule has 4 aromatic rings. The van der Waals surface area contributed by atoms with Gasteiger partial charge in [0.25, 0.3) is 5.91 Å². The quantitative estimate of drug-likeness (QED) is 0.526. The monoisotopic (exact) mass is 393 g/mol. The fourth-order valence-electron chi connectivity index (χ4n) is 2.71. The summed E-state index contributed by atoms with van der Waals surface area (Å²) in [7, 11) is 0. The number of nitrogens with one attached hydrogen (secondary N) is 1. The number of pyridine rings is 1. The molecule has 3 aromatic heterocycles. The zero-order valence-electron chi connectivity index (χ0n) is 15.1. The van der Waals surface area contributed by atoms with E-state index in [1.54, 1.807) is 6.20 Å². The van der Waals surface area contributed by atoms with Crippen molar-refractivity contribution in [2.24, 2.45) is 0 Å². The molecular formula is C20H13F2N5O2. The van der Waals surface area contributed by atoms with Crippen LogP contribution in [0.5, 0.6) is 0 Å². The van der Waals surface area contributed by atoms with Gasteiger partial charge in [-0.3, -0.25) is 9.78 Å². The minimum atomic E-state index is -1.35. The SMILES string of the molecule is Cc1ccc(-c2ncco2)cc1-c1cnc(NC(=O)c2ccnc(F)c2F)cn1. The van der Waals surface area contributed by atoms with Crippen LogP contribution in [0, 0.1) is 18.7 Å². The second kappa shape index (κ2) is 7.55. The zero-order chi connectivity index (χ0) is 20.4. The molecule has 0 saturated heterocycles. The number of hydrogen-bond acceptors (Lipinski definition) is 6. The topological polar surface area (TPSA) is 93.8 Å². The Labute approximate surface area is 163 Å². The summed E-state index contributed by atoms with van der Waals surface area (Å²) in [5, 5.41) is 2.38. The summed E-state index contributed by atoms with van der Waals surface area (Å²) in [6, 6.07) is 6.74. The van der Waals surface area contributed by atoms with Crippen LogP contribution in [0.4, 0.5) is 14.6 Å². The van der Waals surface area contributed by atoms with Gasteiger partial charge < -0.3 is 9.73 Å². The molecule has 0 radical (unpaired) electrons. The number of anilines is 1. The van der Waals surface area contributed by atoms with Crippen molar-refractivity contribution in [3.05, 3.63) is 78.2 Å². The number of carbonyl (C=O) groups excluding carboxylic acids is 1. The molecule has 0 bridgehead atoms. The van der Waals surface area contributed by atoms with E-state index in [1.807, 2.05) is 25.1 Å². The van der Waals surface area contributed by atoms with Crippen molar-refractivity contribution < 1.29 is 18.0 Å². The highest BCUT2D eigenvalue weighted by molar-refractivity contribution is 6.03. The van der Waals surface area contributed by atoms with E-state index in [9.17, 15) is 13.6 Å². The highest BCUT2D eigenvalue weighted by atomic mass is 19.2. The van der Waals surface area contributed by atoms with E-state index in [4.69, 9.17) is 4.42 Å². The van der Waals surface area contributed by atoms with Gasteiger partial charge in [0, 0.05) is 17.3 Å². The van der Waals surface area contributed by atoms with Crippen LogP contribution in [0.3, 0.4) is 0 Å². The average molecular weight is 393 g/mol. The Morgan fingerprint density at radius 2 is 1.90 bits per heavy atom. The number of halogens is 2. The summed E-state index contributed by atoms with van der Waals surface area (Å²) in [6.07, 6.45) is 6.86. The summed E-state index contributed by atoms with van der Waals surface area (Å²) in [5.74, 6) is -2.95. The summed E-state index contributed by atoms with van der Waals surface area (Å²) in [4.78, 5) is 27.9. The van der Waals surface area contributed by atoms with E-state index in [0.717, 1.165) is 29.0 Å². The van der Waals surface area contributed by atoms with Crippen LogP contribution in [0.2, 0.25) is 0 Å². The zero-order valence-corrected chi connectivity index (χ0v) is 15.1. The number of oxazole rings is 1. The van der Waals surface area contributed by atoms with Gasteiger partial charge in [0.1, 0.15) is 6.26 Å². The maximum absolute atomic E-state index is 13.7. The molecule has 0 aliphatic carbocycles. The highest BCUT2D eigenvalue weighted by Crippen LogP contribution is 2.27. The van der Waals surface area contributed by atoms with Crippen LogP contribution in [0.15, 0.2) is 59.7 Å². The van der Waals surface area contributed by atoms with Gasteiger partial charge in [0.15, 0.2) is 11.6 Å². The van der Waals surface area contributed by atoms with Crippen molar-refractivity contribution in [3.63, 3.8) is 0 Å². The van der Waals surface area contributed by atoms with Crippen LogP contribution >= 0.6 is 0 Å². The van der Waals surface area contributed by atoms with Crippen LogP contribution in [-0.4, -0.2) is 25.8 Å².